The van der Waals surface area contributed by atoms with Crippen LogP contribution in [-0.4, -0.2) is 47.0 Å². The van der Waals surface area contributed by atoms with E-state index in [1.165, 1.54) is 5.69 Å². The Kier molecular flexibility index (Phi) is 8.23. The first-order valence-electron chi connectivity index (χ1n) is 10.3. The molecule has 2 rings (SSSR count). The van der Waals surface area contributed by atoms with Gasteiger partial charge in [0.2, 0.25) is 0 Å². The maximum atomic E-state index is 12.6. The number of nitrogens with zero attached hydrogens (tertiary/aromatic N) is 4. The van der Waals surface area contributed by atoms with Crippen molar-refractivity contribution in [2.45, 2.75) is 47.5 Å². The van der Waals surface area contributed by atoms with Crippen LogP contribution in [0.3, 0.4) is 0 Å². The van der Waals surface area contributed by atoms with Gasteiger partial charge in [-0.25, -0.2) is 9.97 Å². The fourth-order valence-corrected chi connectivity index (χ4v) is 3.23. The van der Waals surface area contributed by atoms with Gasteiger partial charge < -0.3 is 15.1 Å². The second-order valence-electron chi connectivity index (χ2n) is 6.88. The van der Waals surface area contributed by atoms with Crippen molar-refractivity contribution >= 4 is 23.1 Å². The van der Waals surface area contributed by atoms with Gasteiger partial charge in [0.05, 0.1) is 12.4 Å². The number of hydrogen-bond acceptors (Lipinski definition) is 5. The number of carbonyl (C=O) groups is 1. The van der Waals surface area contributed by atoms with Crippen molar-refractivity contribution in [3.05, 3.63) is 41.9 Å². The van der Waals surface area contributed by atoms with Crippen molar-refractivity contribution in [2.75, 3.05) is 36.4 Å². The smallest absolute Gasteiger partial charge is 0.274 e. The van der Waals surface area contributed by atoms with Crippen LogP contribution >= 0.6 is 0 Å². The van der Waals surface area contributed by atoms with Gasteiger partial charge in [0.1, 0.15) is 11.5 Å². The highest BCUT2D eigenvalue weighted by atomic mass is 16.2. The van der Waals surface area contributed by atoms with Crippen LogP contribution in [0.15, 0.2) is 30.6 Å². The summed E-state index contributed by atoms with van der Waals surface area (Å²) >= 11 is 0. The van der Waals surface area contributed by atoms with Crippen molar-refractivity contribution in [3.63, 3.8) is 0 Å². The lowest BCUT2D eigenvalue weighted by molar-refractivity contribution is 0.0749. The van der Waals surface area contributed by atoms with Crippen LogP contribution in [0.1, 0.15) is 56.6 Å². The Balaban J connectivity index is 2.11. The molecule has 1 aromatic carbocycles. The SMILES string of the molecule is CCCN(CCC)C(=O)c1cnc(Nc2ccc(N(CC)CC)cc2C)cn1. The highest BCUT2D eigenvalue weighted by Crippen LogP contribution is 2.24. The predicted molar refractivity (Wildman–Crippen MR) is 117 cm³/mol. The molecule has 1 amide bonds. The first-order chi connectivity index (χ1) is 13.5. The fourth-order valence-electron chi connectivity index (χ4n) is 3.23. The van der Waals surface area contributed by atoms with E-state index < -0.39 is 0 Å². The lowest BCUT2D eigenvalue weighted by atomic mass is 10.1. The number of anilines is 3. The normalized spacial score (nSPS) is 10.6. The maximum absolute atomic E-state index is 12.6. The molecule has 1 heterocycles. The van der Waals surface area contributed by atoms with Crippen LogP contribution in [0.5, 0.6) is 0 Å². The summed E-state index contributed by atoms with van der Waals surface area (Å²) in [4.78, 5) is 25.5. The summed E-state index contributed by atoms with van der Waals surface area (Å²) in [5.74, 6) is 0.579. The molecule has 0 radical (unpaired) electrons. The first kappa shape index (κ1) is 21.7. The molecule has 0 aliphatic carbocycles. The molecule has 28 heavy (non-hydrogen) atoms. The molecule has 0 aliphatic rings. The van der Waals surface area contributed by atoms with Gasteiger partial charge in [0.15, 0.2) is 0 Å². The number of aryl methyl sites for hydroxylation is 1. The molecule has 6 nitrogen and oxygen atoms in total. The zero-order chi connectivity index (χ0) is 20.5. The van der Waals surface area contributed by atoms with Crippen molar-refractivity contribution in [2.24, 2.45) is 0 Å². The Hall–Kier alpha value is -2.63. The first-order valence-corrected chi connectivity index (χ1v) is 10.3. The summed E-state index contributed by atoms with van der Waals surface area (Å²) in [5, 5.41) is 3.30. The quantitative estimate of drug-likeness (QED) is 0.648. The number of hydrogen-bond donors (Lipinski definition) is 1. The summed E-state index contributed by atoms with van der Waals surface area (Å²) in [7, 11) is 0. The molecule has 1 aromatic heterocycles. The molecule has 0 aliphatic heterocycles. The van der Waals surface area contributed by atoms with Crippen molar-refractivity contribution < 1.29 is 4.79 Å². The van der Waals surface area contributed by atoms with E-state index in [0.29, 0.717) is 11.5 Å². The van der Waals surface area contributed by atoms with Crippen molar-refractivity contribution in [1.82, 2.24) is 14.9 Å². The summed E-state index contributed by atoms with van der Waals surface area (Å²) < 4.78 is 0. The molecular formula is C22H33N5O. The highest BCUT2D eigenvalue weighted by Gasteiger charge is 2.16. The summed E-state index contributed by atoms with van der Waals surface area (Å²) in [6, 6.07) is 6.35. The van der Waals surface area contributed by atoms with Crippen LogP contribution < -0.4 is 10.2 Å². The van der Waals surface area contributed by atoms with Gasteiger partial charge in [-0.15, -0.1) is 0 Å². The second kappa shape index (κ2) is 10.6. The Morgan fingerprint density at radius 3 is 2.18 bits per heavy atom. The molecule has 0 atom stereocenters. The van der Waals surface area contributed by atoms with E-state index in [2.05, 4.69) is 73.0 Å². The second-order valence-corrected chi connectivity index (χ2v) is 6.88. The molecule has 0 spiro atoms. The number of carbonyl (C=O) groups excluding carboxylic acids is 1. The number of rotatable bonds is 10. The van der Waals surface area contributed by atoms with Crippen molar-refractivity contribution in [3.8, 4) is 0 Å². The highest BCUT2D eigenvalue weighted by molar-refractivity contribution is 5.92. The molecular weight excluding hydrogens is 350 g/mol. The molecule has 0 saturated carbocycles. The minimum atomic E-state index is -0.0532. The Morgan fingerprint density at radius 2 is 1.68 bits per heavy atom. The van der Waals surface area contributed by atoms with Gasteiger partial charge in [0.25, 0.3) is 5.91 Å². The van der Waals surface area contributed by atoms with Gasteiger partial charge in [-0.1, -0.05) is 13.8 Å². The Labute approximate surface area is 169 Å². The molecule has 0 fully saturated rings. The zero-order valence-corrected chi connectivity index (χ0v) is 17.8. The van der Waals surface area contributed by atoms with Gasteiger partial charge in [-0.2, -0.15) is 0 Å². The van der Waals surface area contributed by atoms with E-state index >= 15 is 0 Å². The summed E-state index contributed by atoms with van der Waals surface area (Å²) in [5.41, 5.74) is 3.74. The van der Waals surface area contributed by atoms with E-state index in [1.807, 2.05) is 4.90 Å². The summed E-state index contributed by atoms with van der Waals surface area (Å²) in [6.45, 7) is 14.0. The fraction of sp³-hybridized carbons (Fsp3) is 0.500. The number of amides is 1. The average Bonchev–Trinajstić information content (AvgIpc) is 2.71. The van der Waals surface area contributed by atoms with Crippen molar-refractivity contribution in [1.29, 1.82) is 0 Å². The molecule has 0 unspecified atom stereocenters. The minimum Gasteiger partial charge on any atom is -0.372 e. The molecule has 6 heteroatoms. The molecule has 1 N–H and O–H groups in total. The third-order valence-electron chi connectivity index (χ3n) is 4.75. The zero-order valence-electron chi connectivity index (χ0n) is 17.8. The largest absolute Gasteiger partial charge is 0.372 e. The molecule has 2 aromatic rings. The molecule has 0 bridgehead atoms. The van der Waals surface area contributed by atoms with Crippen LogP contribution in [0.4, 0.5) is 17.2 Å². The lowest BCUT2D eigenvalue weighted by Crippen LogP contribution is -2.33. The average molecular weight is 384 g/mol. The standard InChI is InChI=1S/C22H33N5O/c1-6-12-27(13-7-2)22(28)20-15-24-21(16-23-20)25-19-11-10-18(14-17(19)5)26(8-3)9-4/h10-11,14-16H,6-9,12-13H2,1-5H3,(H,24,25). The third kappa shape index (κ3) is 5.44. The number of nitrogens with one attached hydrogen (secondary N) is 1. The monoisotopic (exact) mass is 383 g/mol. The Morgan fingerprint density at radius 1 is 1.00 bits per heavy atom. The number of aromatic nitrogens is 2. The molecule has 152 valence electrons. The van der Waals surface area contributed by atoms with Crippen LogP contribution in [0.25, 0.3) is 0 Å². The van der Waals surface area contributed by atoms with Gasteiger partial charge >= 0.3 is 0 Å². The predicted octanol–water partition coefficient (Wildman–Crippen LogP) is 4.64. The van der Waals surface area contributed by atoms with Gasteiger partial charge in [-0.05, 0) is 57.4 Å². The lowest BCUT2D eigenvalue weighted by Gasteiger charge is -2.22. The van der Waals surface area contributed by atoms with Gasteiger partial charge in [0, 0.05) is 37.6 Å². The topological polar surface area (TPSA) is 61.4 Å². The maximum Gasteiger partial charge on any atom is 0.274 e. The molecule has 0 saturated heterocycles. The Bertz CT molecular complexity index is 750. The number of benzene rings is 1. The van der Waals surface area contributed by atoms with Crippen LogP contribution in [0, 0.1) is 6.92 Å². The van der Waals surface area contributed by atoms with E-state index in [0.717, 1.165) is 50.3 Å². The van der Waals surface area contributed by atoms with Crippen LogP contribution in [0.2, 0.25) is 0 Å². The minimum absolute atomic E-state index is 0.0532. The van der Waals surface area contributed by atoms with Crippen LogP contribution in [-0.2, 0) is 0 Å². The van der Waals surface area contributed by atoms with E-state index in [-0.39, 0.29) is 5.91 Å². The van der Waals surface area contributed by atoms with E-state index in [9.17, 15) is 4.79 Å². The third-order valence-corrected chi connectivity index (χ3v) is 4.75. The van der Waals surface area contributed by atoms with Gasteiger partial charge in [-0.3, -0.25) is 4.79 Å². The van der Waals surface area contributed by atoms with E-state index in [1.54, 1.807) is 12.4 Å². The van der Waals surface area contributed by atoms with E-state index in [4.69, 9.17) is 0 Å². The summed E-state index contributed by atoms with van der Waals surface area (Å²) in [6.07, 6.45) is 5.05.